The van der Waals surface area contributed by atoms with Gasteiger partial charge in [-0.15, -0.1) is 0 Å². The number of halogens is 1. The molecule has 3 atom stereocenters. The van der Waals surface area contributed by atoms with Crippen LogP contribution in [0.1, 0.15) is 86.6 Å². The minimum absolute atomic E-state index is 0. The summed E-state index contributed by atoms with van der Waals surface area (Å²) in [5.74, 6) is -1.76. The van der Waals surface area contributed by atoms with Gasteiger partial charge in [0.25, 0.3) is 5.91 Å². The first-order valence-corrected chi connectivity index (χ1v) is 13.5. The van der Waals surface area contributed by atoms with Crippen LogP contribution < -0.4 is 29.6 Å². The third-order valence-corrected chi connectivity index (χ3v) is 7.24. The Hall–Kier alpha value is -2.56. The van der Waals surface area contributed by atoms with E-state index in [2.05, 4.69) is 0 Å². The summed E-state index contributed by atoms with van der Waals surface area (Å²) < 4.78 is 15.4. The summed E-state index contributed by atoms with van der Waals surface area (Å²) in [6.45, 7) is 4.59. The van der Waals surface area contributed by atoms with Crippen molar-refractivity contribution in [1.82, 2.24) is 14.7 Å². The summed E-state index contributed by atoms with van der Waals surface area (Å²) in [5, 5.41) is 34.2. The van der Waals surface area contributed by atoms with Crippen molar-refractivity contribution in [3.63, 3.8) is 0 Å². The van der Waals surface area contributed by atoms with E-state index in [1.165, 1.54) is 12.1 Å². The van der Waals surface area contributed by atoms with Gasteiger partial charge in [-0.3, -0.25) is 9.59 Å². The third-order valence-electron chi connectivity index (χ3n) is 7.24. The quantitative estimate of drug-likeness (QED) is 0.307. The van der Waals surface area contributed by atoms with Crippen molar-refractivity contribution >= 4 is 11.9 Å². The molecule has 3 N–H and O–H groups in total. The molecule has 1 amide bonds. The Morgan fingerprint density at radius 3 is 2.38 bits per heavy atom. The minimum Gasteiger partial charge on any atom is -1.00 e. The fourth-order valence-electron chi connectivity index (χ4n) is 5.45. The molecule has 0 aliphatic carbocycles. The van der Waals surface area contributed by atoms with Crippen molar-refractivity contribution in [1.29, 1.82) is 0 Å². The van der Waals surface area contributed by atoms with E-state index in [-0.39, 0.29) is 61.7 Å². The zero-order chi connectivity index (χ0) is 28.1. The van der Waals surface area contributed by atoms with Crippen molar-refractivity contribution in [2.24, 2.45) is 0 Å². The molecule has 4 rings (SSSR count). The fraction of sp³-hybridized carbons (Fsp3) is 0.433. The Kier molecular flexibility index (Phi) is 11.5. The topological polar surface area (TPSA) is 116 Å². The Balaban J connectivity index is 0.00000294. The summed E-state index contributed by atoms with van der Waals surface area (Å²) >= 11 is 0. The maximum absolute atomic E-state index is 14.0. The van der Waals surface area contributed by atoms with Crippen LogP contribution in [0.3, 0.4) is 0 Å². The monoisotopic (exact) mass is 561 g/mol. The van der Waals surface area contributed by atoms with Gasteiger partial charge in [0.05, 0.1) is 30.4 Å². The second-order valence-electron chi connectivity index (χ2n) is 10.5. The molecule has 0 spiro atoms. The standard InChI is InChI=1S/C30H36FN3O5.Na.H/c1-19(2)28-26(15-14-23(35)17-24(36)18-27(37)38)34(22-12-10-21(31)11-13-22)32-29(28)30(39)33-16-6-9-25(33)20-7-4-3-5-8-20;;/h3-5,7-8,10-13,19,23-25,35-36H,6,9,14-18H2,1-2H3,(H,37,38);;/q;+1;-1/t23-,24-,25?;;/m1../s1. The number of amides is 1. The molecule has 8 nitrogen and oxygen atoms in total. The van der Waals surface area contributed by atoms with Gasteiger partial charge >= 0.3 is 35.5 Å². The van der Waals surface area contributed by atoms with E-state index in [4.69, 9.17) is 10.2 Å². The average Bonchev–Trinajstić information content (AvgIpc) is 3.53. The maximum atomic E-state index is 14.0. The molecule has 40 heavy (non-hydrogen) atoms. The second-order valence-corrected chi connectivity index (χ2v) is 10.5. The van der Waals surface area contributed by atoms with Crippen molar-refractivity contribution in [3.05, 3.63) is 82.9 Å². The molecule has 1 aliphatic rings. The number of nitrogens with zero attached hydrogens (tertiary/aromatic N) is 3. The molecule has 10 heteroatoms. The molecule has 0 radical (unpaired) electrons. The predicted octanol–water partition coefficient (Wildman–Crippen LogP) is 1.75. The van der Waals surface area contributed by atoms with E-state index in [9.17, 15) is 24.2 Å². The fourth-order valence-corrected chi connectivity index (χ4v) is 5.45. The molecule has 1 fully saturated rings. The van der Waals surface area contributed by atoms with Crippen LogP contribution in [0.5, 0.6) is 0 Å². The van der Waals surface area contributed by atoms with Gasteiger partial charge in [-0.25, -0.2) is 9.07 Å². The zero-order valence-corrected chi connectivity index (χ0v) is 25.3. The number of carboxylic acid groups (broad SMARTS) is 1. The molecule has 1 saturated heterocycles. The van der Waals surface area contributed by atoms with Gasteiger partial charge in [0.15, 0.2) is 5.69 Å². The first-order chi connectivity index (χ1) is 18.7. The van der Waals surface area contributed by atoms with Crippen molar-refractivity contribution in [3.8, 4) is 5.69 Å². The van der Waals surface area contributed by atoms with Crippen molar-refractivity contribution in [2.75, 3.05) is 6.54 Å². The van der Waals surface area contributed by atoms with Crippen LogP contribution >= 0.6 is 0 Å². The van der Waals surface area contributed by atoms with E-state index in [0.29, 0.717) is 24.3 Å². The van der Waals surface area contributed by atoms with Gasteiger partial charge in [0.2, 0.25) is 0 Å². The number of carboxylic acids is 1. The van der Waals surface area contributed by atoms with Crippen LogP contribution in [0, 0.1) is 5.82 Å². The molecule has 3 aromatic rings. The summed E-state index contributed by atoms with van der Waals surface area (Å²) in [5.41, 5.74) is 3.50. The smallest absolute Gasteiger partial charge is 1.00 e. The molecule has 2 aromatic carbocycles. The maximum Gasteiger partial charge on any atom is 1.00 e. The van der Waals surface area contributed by atoms with Crippen molar-refractivity contribution in [2.45, 2.75) is 76.5 Å². The minimum atomic E-state index is -1.16. The Morgan fingerprint density at radius 2 is 1.75 bits per heavy atom. The van der Waals surface area contributed by atoms with Gasteiger partial charge in [-0.1, -0.05) is 44.2 Å². The van der Waals surface area contributed by atoms with Crippen LogP contribution in [0.2, 0.25) is 0 Å². The molecule has 210 valence electrons. The molecule has 1 aromatic heterocycles. The summed E-state index contributed by atoms with van der Waals surface area (Å²) in [6, 6.07) is 15.8. The van der Waals surface area contributed by atoms with E-state index < -0.39 is 30.4 Å². The van der Waals surface area contributed by atoms with E-state index >= 15 is 0 Å². The molecule has 1 aliphatic heterocycles. The second kappa shape index (κ2) is 14.4. The van der Waals surface area contributed by atoms with Gasteiger partial charge < -0.3 is 21.6 Å². The number of carbonyl (C=O) groups excluding carboxylic acids is 1. The van der Waals surface area contributed by atoms with Gasteiger partial charge in [0, 0.05) is 17.8 Å². The van der Waals surface area contributed by atoms with Crippen LogP contribution in [-0.2, 0) is 11.2 Å². The number of carbonyl (C=O) groups is 2. The Morgan fingerprint density at radius 1 is 1.07 bits per heavy atom. The molecule has 1 unspecified atom stereocenters. The molecule has 0 saturated carbocycles. The summed E-state index contributed by atoms with van der Waals surface area (Å²) in [4.78, 5) is 26.8. The number of hydrogen-bond acceptors (Lipinski definition) is 5. The zero-order valence-electron chi connectivity index (χ0n) is 24.3. The number of likely N-dealkylation sites (tertiary alicyclic amines) is 1. The Labute approximate surface area is 257 Å². The van der Waals surface area contributed by atoms with Crippen LogP contribution in [0.4, 0.5) is 4.39 Å². The summed E-state index contributed by atoms with van der Waals surface area (Å²) in [7, 11) is 0. The number of aromatic nitrogens is 2. The first kappa shape index (κ1) is 32.0. The Bertz CT molecular complexity index is 1290. The largest absolute Gasteiger partial charge is 1.00 e. The predicted molar refractivity (Wildman–Crippen MR) is 145 cm³/mol. The van der Waals surface area contributed by atoms with Crippen molar-refractivity contribution < 1.29 is 60.3 Å². The number of rotatable bonds is 11. The molecular weight excluding hydrogens is 524 g/mol. The van der Waals surface area contributed by atoms with Gasteiger partial charge in [-0.2, -0.15) is 5.10 Å². The van der Waals surface area contributed by atoms with E-state index in [1.807, 2.05) is 49.1 Å². The SMILES string of the molecule is CC(C)c1c(C(=O)N2CCCC2c2ccccc2)nn(-c2ccc(F)cc2)c1CC[C@@H](O)C[C@@H](O)CC(=O)O.[H-].[Na+]. The molecule has 2 heterocycles. The van der Waals surface area contributed by atoms with Gasteiger partial charge in [-0.05, 0) is 67.9 Å². The average molecular weight is 562 g/mol. The van der Waals surface area contributed by atoms with Crippen LogP contribution in [-0.4, -0.2) is 60.6 Å². The van der Waals surface area contributed by atoms with Crippen LogP contribution in [0.15, 0.2) is 54.6 Å². The number of aliphatic hydroxyl groups is 2. The number of benzene rings is 2. The van der Waals surface area contributed by atoms with E-state index in [1.54, 1.807) is 16.8 Å². The first-order valence-electron chi connectivity index (χ1n) is 13.5. The number of aliphatic carboxylic acids is 1. The number of hydrogen-bond donors (Lipinski definition) is 3. The molecular formula is C30H37FN3NaO5. The summed E-state index contributed by atoms with van der Waals surface area (Å²) in [6.07, 6.45) is -0.323. The van der Waals surface area contributed by atoms with Crippen LogP contribution in [0.25, 0.3) is 5.69 Å². The number of aliphatic hydroxyl groups excluding tert-OH is 2. The third kappa shape index (κ3) is 7.59. The molecule has 0 bridgehead atoms. The van der Waals surface area contributed by atoms with E-state index in [0.717, 1.165) is 29.7 Å². The van der Waals surface area contributed by atoms with Gasteiger partial charge in [0.1, 0.15) is 5.82 Å². The normalized spacial score (nSPS) is 16.6.